The van der Waals surface area contributed by atoms with E-state index in [4.69, 9.17) is 9.47 Å². The van der Waals surface area contributed by atoms with E-state index in [-0.39, 0.29) is 6.10 Å². The van der Waals surface area contributed by atoms with Crippen LogP contribution in [0, 0.1) is 5.92 Å². The Labute approximate surface area is 81.8 Å². The molecule has 3 unspecified atom stereocenters. The fraction of sp³-hybridized carbons (Fsp3) is 1.00. The van der Waals surface area contributed by atoms with Gasteiger partial charge in [0.1, 0.15) is 0 Å². The van der Waals surface area contributed by atoms with Crippen molar-refractivity contribution in [2.45, 2.75) is 32.9 Å². The van der Waals surface area contributed by atoms with Crippen LogP contribution in [0.5, 0.6) is 0 Å². The quantitative estimate of drug-likeness (QED) is 0.654. The fourth-order valence-electron chi connectivity index (χ4n) is 1.10. The molecule has 0 aromatic heterocycles. The Bertz CT molecular complexity index is 119. The highest BCUT2D eigenvalue weighted by atomic mass is 16.5. The van der Waals surface area contributed by atoms with Crippen molar-refractivity contribution in [2.24, 2.45) is 5.92 Å². The van der Waals surface area contributed by atoms with Crippen LogP contribution in [-0.4, -0.2) is 39.5 Å². The first kappa shape index (κ1) is 12.9. The molecule has 0 radical (unpaired) electrons. The molecule has 3 heteroatoms. The Hall–Kier alpha value is -0.120. The molecule has 1 N–H and O–H groups in total. The fourth-order valence-corrected chi connectivity index (χ4v) is 1.10. The number of ether oxygens (including phenoxy) is 2. The van der Waals surface area contributed by atoms with Crippen LogP contribution in [0.25, 0.3) is 0 Å². The zero-order chi connectivity index (χ0) is 10.3. The molecule has 0 aromatic rings. The van der Waals surface area contributed by atoms with Crippen LogP contribution in [0.2, 0.25) is 0 Å². The lowest BCUT2D eigenvalue weighted by Crippen LogP contribution is -2.39. The maximum atomic E-state index is 5.21. The zero-order valence-corrected chi connectivity index (χ0v) is 9.46. The first-order valence-electron chi connectivity index (χ1n) is 4.86. The molecule has 0 amide bonds. The second-order valence-corrected chi connectivity index (χ2v) is 3.70. The Morgan fingerprint density at radius 1 is 1.15 bits per heavy atom. The molecule has 0 heterocycles. The normalized spacial score (nSPS) is 18.2. The summed E-state index contributed by atoms with van der Waals surface area (Å²) < 4.78 is 10.3. The monoisotopic (exact) mass is 189 g/mol. The molecule has 0 aliphatic rings. The molecule has 0 saturated heterocycles. The Balaban J connectivity index is 3.50. The molecule has 13 heavy (non-hydrogen) atoms. The van der Waals surface area contributed by atoms with E-state index < -0.39 is 0 Å². The van der Waals surface area contributed by atoms with E-state index in [9.17, 15) is 0 Å². The lowest BCUT2D eigenvalue weighted by molar-refractivity contribution is 0.0842. The van der Waals surface area contributed by atoms with Gasteiger partial charge in [-0.2, -0.15) is 0 Å². The Morgan fingerprint density at radius 2 is 1.77 bits per heavy atom. The number of rotatable bonds is 7. The van der Waals surface area contributed by atoms with Crippen LogP contribution in [0.4, 0.5) is 0 Å². The van der Waals surface area contributed by atoms with Crippen molar-refractivity contribution in [3.63, 3.8) is 0 Å². The van der Waals surface area contributed by atoms with Crippen molar-refractivity contribution in [3.8, 4) is 0 Å². The van der Waals surface area contributed by atoms with E-state index in [2.05, 4.69) is 26.1 Å². The van der Waals surface area contributed by atoms with Gasteiger partial charge in [-0.3, -0.25) is 0 Å². The molecular formula is C10H23NO2. The summed E-state index contributed by atoms with van der Waals surface area (Å²) >= 11 is 0. The van der Waals surface area contributed by atoms with E-state index in [1.165, 1.54) is 0 Å². The van der Waals surface area contributed by atoms with E-state index >= 15 is 0 Å². The highest BCUT2D eigenvalue weighted by Gasteiger charge is 2.11. The number of methoxy groups -OCH3 is 2. The predicted octanol–water partition coefficient (Wildman–Crippen LogP) is 1.28. The highest BCUT2D eigenvalue weighted by Crippen LogP contribution is 1.98. The average Bonchev–Trinajstić information content (AvgIpc) is 2.13. The molecule has 0 aliphatic carbocycles. The topological polar surface area (TPSA) is 30.5 Å². The van der Waals surface area contributed by atoms with Gasteiger partial charge in [0.2, 0.25) is 0 Å². The van der Waals surface area contributed by atoms with Crippen LogP contribution in [0.3, 0.4) is 0 Å². The molecule has 0 spiro atoms. The highest BCUT2D eigenvalue weighted by molar-refractivity contribution is 4.69. The van der Waals surface area contributed by atoms with Crippen molar-refractivity contribution in [3.05, 3.63) is 0 Å². The van der Waals surface area contributed by atoms with Gasteiger partial charge in [0.15, 0.2) is 0 Å². The minimum absolute atomic E-state index is 0.259. The van der Waals surface area contributed by atoms with Gasteiger partial charge in [0.25, 0.3) is 0 Å². The van der Waals surface area contributed by atoms with Gasteiger partial charge in [-0.1, -0.05) is 6.92 Å². The Morgan fingerprint density at radius 3 is 2.23 bits per heavy atom. The maximum absolute atomic E-state index is 5.21. The van der Waals surface area contributed by atoms with E-state index in [1.807, 2.05) is 0 Å². The average molecular weight is 189 g/mol. The second-order valence-electron chi connectivity index (χ2n) is 3.70. The van der Waals surface area contributed by atoms with Crippen molar-refractivity contribution in [1.29, 1.82) is 0 Å². The third kappa shape index (κ3) is 6.02. The zero-order valence-electron chi connectivity index (χ0n) is 9.46. The molecule has 0 fully saturated rings. The van der Waals surface area contributed by atoms with Crippen molar-refractivity contribution >= 4 is 0 Å². The number of hydrogen-bond acceptors (Lipinski definition) is 3. The van der Waals surface area contributed by atoms with Crippen LogP contribution in [-0.2, 0) is 9.47 Å². The van der Waals surface area contributed by atoms with Gasteiger partial charge in [-0.05, 0) is 19.8 Å². The molecule has 80 valence electrons. The lowest BCUT2D eigenvalue weighted by Gasteiger charge is -2.21. The van der Waals surface area contributed by atoms with Gasteiger partial charge >= 0.3 is 0 Å². The summed E-state index contributed by atoms with van der Waals surface area (Å²) in [6.07, 6.45) is 0.259. The minimum atomic E-state index is 0.259. The molecule has 3 atom stereocenters. The first-order chi connectivity index (χ1) is 6.11. The third-order valence-corrected chi connectivity index (χ3v) is 2.32. The first-order valence-corrected chi connectivity index (χ1v) is 4.86. The van der Waals surface area contributed by atoms with Crippen LogP contribution >= 0.6 is 0 Å². The predicted molar refractivity (Wildman–Crippen MR) is 55.0 cm³/mol. The Kier molecular flexibility index (Phi) is 7.23. The molecule has 0 aromatic carbocycles. The SMILES string of the molecule is COCC(C)CNC(C)C(C)OC. The van der Waals surface area contributed by atoms with Crippen molar-refractivity contribution in [2.75, 3.05) is 27.4 Å². The standard InChI is InChI=1S/C10H23NO2/c1-8(7-12-4)6-11-9(2)10(3)13-5/h8-11H,6-7H2,1-5H3. The summed E-state index contributed by atoms with van der Waals surface area (Å²) in [5, 5.41) is 3.41. The van der Waals surface area contributed by atoms with Gasteiger partial charge in [-0.15, -0.1) is 0 Å². The molecule has 0 aliphatic heterocycles. The summed E-state index contributed by atoms with van der Waals surface area (Å²) in [6, 6.07) is 0.393. The molecule has 0 saturated carbocycles. The number of nitrogens with one attached hydrogen (secondary N) is 1. The summed E-state index contributed by atoms with van der Waals surface area (Å²) in [5.41, 5.74) is 0. The summed E-state index contributed by atoms with van der Waals surface area (Å²) in [4.78, 5) is 0. The third-order valence-electron chi connectivity index (χ3n) is 2.32. The largest absolute Gasteiger partial charge is 0.384 e. The van der Waals surface area contributed by atoms with Gasteiger partial charge in [-0.25, -0.2) is 0 Å². The summed E-state index contributed by atoms with van der Waals surface area (Å²) in [6.45, 7) is 8.15. The van der Waals surface area contributed by atoms with Crippen molar-refractivity contribution in [1.82, 2.24) is 5.32 Å². The minimum Gasteiger partial charge on any atom is -0.384 e. The molecule has 3 nitrogen and oxygen atoms in total. The van der Waals surface area contributed by atoms with E-state index in [1.54, 1.807) is 14.2 Å². The van der Waals surface area contributed by atoms with E-state index in [0.29, 0.717) is 12.0 Å². The van der Waals surface area contributed by atoms with Gasteiger partial charge in [0.05, 0.1) is 6.10 Å². The summed E-state index contributed by atoms with van der Waals surface area (Å²) in [7, 11) is 3.47. The number of hydrogen-bond donors (Lipinski definition) is 1. The lowest BCUT2D eigenvalue weighted by atomic mass is 10.1. The van der Waals surface area contributed by atoms with E-state index in [0.717, 1.165) is 13.2 Å². The molecular weight excluding hydrogens is 166 g/mol. The van der Waals surface area contributed by atoms with Crippen LogP contribution in [0.1, 0.15) is 20.8 Å². The van der Waals surface area contributed by atoms with Crippen molar-refractivity contribution < 1.29 is 9.47 Å². The van der Waals surface area contributed by atoms with Crippen LogP contribution in [0.15, 0.2) is 0 Å². The molecule has 0 bridgehead atoms. The van der Waals surface area contributed by atoms with Gasteiger partial charge < -0.3 is 14.8 Å². The second kappa shape index (κ2) is 7.30. The molecule has 0 rings (SSSR count). The summed E-state index contributed by atoms with van der Waals surface area (Å²) in [5.74, 6) is 0.552. The smallest absolute Gasteiger partial charge is 0.0693 e. The maximum Gasteiger partial charge on any atom is 0.0693 e. The van der Waals surface area contributed by atoms with Crippen LogP contribution < -0.4 is 5.32 Å². The van der Waals surface area contributed by atoms with Gasteiger partial charge in [0, 0.05) is 33.4 Å².